The molecule has 124 valence electrons. The first-order valence-corrected chi connectivity index (χ1v) is 9.62. The molecule has 1 amide bonds. The van der Waals surface area contributed by atoms with Crippen LogP contribution >= 0.6 is 23.1 Å². The Morgan fingerprint density at radius 1 is 1.30 bits per heavy atom. The second kappa shape index (κ2) is 9.67. The lowest BCUT2D eigenvalue weighted by Crippen LogP contribution is -2.26. The molecule has 0 aliphatic carbocycles. The minimum Gasteiger partial charge on any atom is -0.356 e. The molecule has 6 heteroatoms. The van der Waals surface area contributed by atoms with E-state index in [-0.39, 0.29) is 11.7 Å². The number of nitrogens with one attached hydrogen (secondary N) is 1. The topological polar surface area (TPSA) is 42.0 Å². The van der Waals surface area contributed by atoms with Crippen LogP contribution in [-0.4, -0.2) is 17.4 Å². The summed E-state index contributed by atoms with van der Waals surface area (Å²) in [4.78, 5) is 16.3. The highest BCUT2D eigenvalue weighted by Gasteiger charge is 2.08. The Kier molecular flexibility index (Phi) is 7.55. The molecule has 0 spiro atoms. The van der Waals surface area contributed by atoms with Crippen molar-refractivity contribution in [2.24, 2.45) is 0 Å². The van der Waals surface area contributed by atoms with Crippen molar-refractivity contribution in [3.8, 4) is 0 Å². The summed E-state index contributed by atoms with van der Waals surface area (Å²) < 4.78 is 13.8. The highest BCUT2D eigenvalue weighted by Crippen LogP contribution is 2.26. The Hall–Kier alpha value is -1.40. The van der Waals surface area contributed by atoms with E-state index < -0.39 is 0 Å². The minimum atomic E-state index is -0.222. The van der Waals surface area contributed by atoms with Crippen molar-refractivity contribution in [2.45, 2.75) is 42.7 Å². The SMILES string of the molecule is CCCCCNC(=O)Cc1csc(SCc2ccc(F)cc2)n1. The maximum atomic E-state index is 12.9. The summed E-state index contributed by atoms with van der Waals surface area (Å²) in [6.07, 6.45) is 3.65. The number of thioether (sulfide) groups is 1. The van der Waals surface area contributed by atoms with E-state index in [4.69, 9.17) is 0 Å². The summed E-state index contributed by atoms with van der Waals surface area (Å²) in [5, 5.41) is 4.85. The molecule has 3 nitrogen and oxygen atoms in total. The molecular weight excluding hydrogens is 331 g/mol. The van der Waals surface area contributed by atoms with Gasteiger partial charge in [-0.15, -0.1) is 11.3 Å². The fourth-order valence-corrected chi connectivity index (χ4v) is 3.79. The summed E-state index contributed by atoms with van der Waals surface area (Å²) in [6.45, 7) is 2.88. The van der Waals surface area contributed by atoms with Crippen LogP contribution in [0.3, 0.4) is 0 Å². The number of halogens is 1. The number of carbonyl (C=O) groups is 1. The van der Waals surface area contributed by atoms with E-state index in [1.165, 1.54) is 12.1 Å². The standard InChI is InChI=1S/C17H21FN2OS2/c1-2-3-4-9-19-16(21)10-15-12-23-17(20-15)22-11-13-5-7-14(18)8-6-13/h5-8,12H,2-4,9-11H2,1H3,(H,19,21). The summed E-state index contributed by atoms with van der Waals surface area (Å²) in [5.74, 6) is 0.554. The summed E-state index contributed by atoms with van der Waals surface area (Å²) >= 11 is 3.15. The van der Waals surface area contributed by atoms with Crippen molar-refractivity contribution in [1.29, 1.82) is 0 Å². The van der Waals surface area contributed by atoms with Gasteiger partial charge in [0.15, 0.2) is 0 Å². The van der Waals surface area contributed by atoms with Crippen LogP contribution in [-0.2, 0) is 17.0 Å². The molecule has 0 radical (unpaired) electrons. The number of aromatic nitrogens is 1. The summed E-state index contributed by atoms with van der Waals surface area (Å²) in [7, 11) is 0. The smallest absolute Gasteiger partial charge is 0.226 e. The molecule has 0 bridgehead atoms. The van der Waals surface area contributed by atoms with Crippen molar-refractivity contribution >= 4 is 29.0 Å². The average Bonchev–Trinajstić information content (AvgIpc) is 2.98. The van der Waals surface area contributed by atoms with Gasteiger partial charge in [0.25, 0.3) is 0 Å². The van der Waals surface area contributed by atoms with Crippen LogP contribution in [0.1, 0.15) is 37.4 Å². The van der Waals surface area contributed by atoms with E-state index in [1.54, 1.807) is 35.2 Å². The first-order chi connectivity index (χ1) is 11.2. The maximum Gasteiger partial charge on any atom is 0.226 e. The number of unbranched alkanes of at least 4 members (excludes halogenated alkanes) is 2. The summed E-state index contributed by atoms with van der Waals surface area (Å²) in [5.41, 5.74) is 1.87. The molecule has 2 aromatic rings. The Labute approximate surface area is 144 Å². The molecule has 0 unspecified atom stereocenters. The first-order valence-electron chi connectivity index (χ1n) is 7.75. The Bertz CT molecular complexity index is 613. The lowest BCUT2D eigenvalue weighted by atomic mass is 10.2. The Balaban J connectivity index is 1.74. The number of hydrogen-bond donors (Lipinski definition) is 1. The molecule has 0 saturated carbocycles. The van der Waals surface area contributed by atoms with Gasteiger partial charge in [-0.1, -0.05) is 43.7 Å². The number of hydrogen-bond acceptors (Lipinski definition) is 4. The van der Waals surface area contributed by atoms with Crippen molar-refractivity contribution < 1.29 is 9.18 Å². The summed E-state index contributed by atoms with van der Waals surface area (Å²) in [6, 6.07) is 6.49. The first kappa shape index (κ1) is 17.9. The van der Waals surface area contributed by atoms with Crippen LogP contribution in [0.2, 0.25) is 0 Å². The lowest BCUT2D eigenvalue weighted by molar-refractivity contribution is -0.120. The molecule has 0 atom stereocenters. The molecule has 0 saturated heterocycles. The van der Waals surface area contributed by atoms with Crippen LogP contribution in [0.15, 0.2) is 34.0 Å². The highest BCUT2D eigenvalue weighted by molar-refractivity contribution is 8.00. The molecular formula is C17H21FN2OS2. The van der Waals surface area contributed by atoms with Gasteiger partial charge >= 0.3 is 0 Å². The van der Waals surface area contributed by atoms with Crippen LogP contribution in [0.25, 0.3) is 0 Å². The van der Waals surface area contributed by atoms with Crippen molar-refractivity contribution in [3.05, 3.63) is 46.7 Å². The van der Waals surface area contributed by atoms with E-state index in [2.05, 4.69) is 17.2 Å². The molecule has 0 fully saturated rings. The predicted molar refractivity (Wildman–Crippen MR) is 94.3 cm³/mol. The predicted octanol–water partition coefficient (Wildman–Crippen LogP) is 4.42. The van der Waals surface area contributed by atoms with Gasteiger partial charge < -0.3 is 5.32 Å². The van der Waals surface area contributed by atoms with Gasteiger partial charge in [-0.05, 0) is 24.1 Å². The van der Waals surface area contributed by atoms with Gasteiger partial charge in [-0.2, -0.15) is 0 Å². The fourth-order valence-electron chi connectivity index (χ4n) is 1.99. The van der Waals surface area contributed by atoms with Gasteiger partial charge in [0.05, 0.1) is 12.1 Å². The van der Waals surface area contributed by atoms with Crippen molar-refractivity contribution in [2.75, 3.05) is 6.54 Å². The molecule has 1 aromatic heterocycles. The molecule has 2 rings (SSSR count). The number of rotatable bonds is 9. The van der Waals surface area contributed by atoms with Crippen LogP contribution in [0.5, 0.6) is 0 Å². The zero-order valence-electron chi connectivity index (χ0n) is 13.2. The molecule has 0 aliphatic rings. The highest BCUT2D eigenvalue weighted by atomic mass is 32.2. The van der Waals surface area contributed by atoms with Gasteiger partial charge in [0.1, 0.15) is 10.2 Å². The molecule has 1 aromatic carbocycles. The van der Waals surface area contributed by atoms with E-state index in [0.717, 1.165) is 47.2 Å². The van der Waals surface area contributed by atoms with Gasteiger partial charge in [0.2, 0.25) is 5.91 Å². The number of benzene rings is 1. The van der Waals surface area contributed by atoms with Gasteiger partial charge in [-0.25, -0.2) is 9.37 Å². The third-order valence-corrected chi connectivity index (χ3v) is 5.39. The van der Waals surface area contributed by atoms with Crippen LogP contribution in [0.4, 0.5) is 4.39 Å². The average molecular weight is 352 g/mol. The zero-order chi connectivity index (χ0) is 16.5. The Morgan fingerprint density at radius 2 is 2.09 bits per heavy atom. The second-order valence-corrected chi connectivity index (χ2v) is 7.33. The van der Waals surface area contributed by atoms with Crippen molar-refractivity contribution in [1.82, 2.24) is 10.3 Å². The van der Waals surface area contributed by atoms with Crippen molar-refractivity contribution in [3.63, 3.8) is 0 Å². The largest absolute Gasteiger partial charge is 0.356 e. The monoisotopic (exact) mass is 352 g/mol. The Morgan fingerprint density at radius 3 is 2.83 bits per heavy atom. The minimum absolute atomic E-state index is 0.0292. The number of nitrogens with zero attached hydrogens (tertiary/aromatic N) is 1. The number of amides is 1. The van der Waals surface area contributed by atoms with Crippen LogP contribution < -0.4 is 5.32 Å². The molecule has 23 heavy (non-hydrogen) atoms. The van der Waals surface area contributed by atoms with E-state index >= 15 is 0 Å². The fraction of sp³-hybridized carbons (Fsp3) is 0.412. The molecule has 0 aliphatic heterocycles. The number of thiazole rings is 1. The van der Waals surface area contributed by atoms with Gasteiger partial charge in [-0.3, -0.25) is 4.79 Å². The van der Waals surface area contributed by atoms with E-state index in [1.807, 2.05) is 5.38 Å². The maximum absolute atomic E-state index is 12.9. The zero-order valence-corrected chi connectivity index (χ0v) is 14.8. The quantitative estimate of drug-likeness (QED) is 0.536. The second-order valence-electron chi connectivity index (χ2n) is 5.25. The van der Waals surface area contributed by atoms with Gasteiger partial charge in [0, 0.05) is 17.7 Å². The van der Waals surface area contributed by atoms with E-state index in [0.29, 0.717) is 6.42 Å². The third kappa shape index (κ3) is 6.71. The lowest BCUT2D eigenvalue weighted by Gasteiger charge is -2.02. The van der Waals surface area contributed by atoms with E-state index in [9.17, 15) is 9.18 Å². The van der Waals surface area contributed by atoms with Crippen LogP contribution in [0, 0.1) is 5.82 Å². The third-order valence-electron chi connectivity index (χ3n) is 3.25. The molecule has 1 N–H and O–H groups in total. The normalized spacial score (nSPS) is 10.7. The number of carbonyl (C=O) groups excluding carboxylic acids is 1. The molecule has 1 heterocycles.